The lowest BCUT2D eigenvalue weighted by atomic mass is 10.1. The van der Waals surface area contributed by atoms with Crippen LogP contribution in [0.2, 0.25) is 0 Å². The van der Waals surface area contributed by atoms with Gasteiger partial charge >= 0.3 is 6.09 Å². The van der Waals surface area contributed by atoms with E-state index in [1.165, 1.54) is 5.56 Å². The molecule has 0 aliphatic carbocycles. The maximum atomic E-state index is 12.1. The van der Waals surface area contributed by atoms with E-state index in [2.05, 4.69) is 23.0 Å². The van der Waals surface area contributed by atoms with Gasteiger partial charge in [-0.3, -0.25) is 5.32 Å². The number of benzene rings is 2. The number of amides is 1. The SMILES string of the molecule is Cc1cc(C)c(OCc2c(C)cccc2NC(=O)OCF)cc1C. The standard InChI is InChI=1S/C19H22FNO3/c1-12-6-5-7-17(21-19(22)24-11-20)16(12)10-23-18-9-14(3)13(2)8-15(18)4/h5-9H,10-11H2,1-4H3,(H,21,22). The van der Waals surface area contributed by atoms with Crippen molar-refractivity contribution in [3.8, 4) is 5.75 Å². The molecule has 0 aliphatic rings. The van der Waals surface area contributed by atoms with Gasteiger partial charge in [-0.15, -0.1) is 0 Å². The Bertz CT molecular complexity index is 744. The molecule has 0 aromatic heterocycles. The first-order chi connectivity index (χ1) is 11.4. The average Bonchev–Trinajstić information content (AvgIpc) is 2.51. The molecule has 2 aromatic rings. The van der Waals surface area contributed by atoms with Crippen LogP contribution in [0.15, 0.2) is 30.3 Å². The van der Waals surface area contributed by atoms with E-state index in [4.69, 9.17) is 4.74 Å². The van der Waals surface area contributed by atoms with Crippen LogP contribution in [0.4, 0.5) is 14.9 Å². The quantitative estimate of drug-likeness (QED) is 0.841. The number of carbonyl (C=O) groups is 1. The normalized spacial score (nSPS) is 10.4. The van der Waals surface area contributed by atoms with Crippen molar-refractivity contribution in [2.75, 3.05) is 12.2 Å². The summed E-state index contributed by atoms with van der Waals surface area (Å²) in [5, 5.41) is 2.54. The Morgan fingerprint density at radius 3 is 2.46 bits per heavy atom. The summed E-state index contributed by atoms with van der Waals surface area (Å²) < 4.78 is 22.4. The highest BCUT2D eigenvalue weighted by atomic mass is 19.1. The fraction of sp³-hybridized carbons (Fsp3) is 0.316. The molecule has 24 heavy (non-hydrogen) atoms. The smallest absolute Gasteiger partial charge is 0.413 e. The second-order valence-electron chi connectivity index (χ2n) is 5.76. The molecule has 5 heteroatoms. The van der Waals surface area contributed by atoms with Crippen molar-refractivity contribution in [2.24, 2.45) is 0 Å². The van der Waals surface area contributed by atoms with Gasteiger partial charge in [0, 0.05) is 5.56 Å². The number of hydrogen-bond donors (Lipinski definition) is 1. The van der Waals surface area contributed by atoms with Crippen molar-refractivity contribution in [3.05, 3.63) is 58.1 Å². The minimum absolute atomic E-state index is 0.293. The molecule has 1 N–H and O–H groups in total. The number of alkyl halides is 1. The molecular formula is C19H22FNO3. The average molecular weight is 331 g/mol. The number of nitrogens with one attached hydrogen (secondary N) is 1. The van der Waals surface area contributed by atoms with Crippen molar-refractivity contribution in [1.82, 2.24) is 0 Å². The van der Waals surface area contributed by atoms with Crippen molar-refractivity contribution in [1.29, 1.82) is 0 Å². The lowest BCUT2D eigenvalue weighted by molar-refractivity contribution is 0.111. The van der Waals surface area contributed by atoms with Crippen LogP contribution in [0.3, 0.4) is 0 Å². The molecule has 0 bridgehead atoms. The summed E-state index contributed by atoms with van der Waals surface area (Å²) in [6.07, 6.45) is -0.827. The minimum atomic E-state index is -1.16. The number of anilines is 1. The van der Waals surface area contributed by atoms with Gasteiger partial charge in [0.1, 0.15) is 12.4 Å². The Labute approximate surface area is 141 Å². The van der Waals surface area contributed by atoms with Gasteiger partial charge in [-0.1, -0.05) is 18.2 Å². The van der Waals surface area contributed by atoms with E-state index in [-0.39, 0.29) is 0 Å². The minimum Gasteiger partial charge on any atom is -0.489 e. The highest BCUT2D eigenvalue weighted by Gasteiger charge is 2.11. The largest absolute Gasteiger partial charge is 0.489 e. The van der Waals surface area contributed by atoms with Crippen molar-refractivity contribution in [3.63, 3.8) is 0 Å². The molecule has 0 saturated heterocycles. The molecule has 4 nitrogen and oxygen atoms in total. The Balaban J connectivity index is 2.20. The zero-order valence-electron chi connectivity index (χ0n) is 14.4. The molecule has 0 saturated carbocycles. The van der Waals surface area contributed by atoms with Crippen molar-refractivity contribution < 1.29 is 18.7 Å². The van der Waals surface area contributed by atoms with Gasteiger partial charge in [-0.2, -0.15) is 0 Å². The third-order valence-corrected chi connectivity index (χ3v) is 4.00. The van der Waals surface area contributed by atoms with E-state index >= 15 is 0 Å². The van der Waals surface area contributed by atoms with E-state index in [1.807, 2.05) is 39.0 Å². The van der Waals surface area contributed by atoms with Crippen LogP contribution in [0, 0.1) is 27.7 Å². The Morgan fingerprint density at radius 2 is 1.75 bits per heavy atom. The van der Waals surface area contributed by atoms with E-state index in [9.17, 15) is 9.18 Å². The Kier molecular flexibility index (Phi) is 5.79. The van der Waals surface area contributed by atoms with E-state index in [0.29, 0.717) is 12.3 Å². The van der Waals surface area contributed by atoms with Crippen LogP contribution in [0.1, 0.15) is 27.8 Å². The molecule has 0 atom stereocenters. The molecule has 2 rings (SSSR count). The van der Waals surface area contributed by atoms with Crippen LogP contribution in [-0.4, -0.2) is 13.0 Å². The number of carbonyl (C=O) groups excluding carboxylic acids is 1. The van der Waals surface area contributed by atoms with E-state index in [1.54, 1.807) is 6.07 Å². The van der Waals surface area contributed by atoms with Crippen LogP contribution in [0.25, 0.3) is 0 Å². The maximum Gasteiger partial charge on any atom is 0.413 e. The molecule has 0 unspecified atom stereocenters. The summed E-state index contributed by atoms with van der Waals surface area (Å²) >= 11 is 0. The highest BCUT2D eigenvalue weighted by Crippen LogP contribution is 2.26. The summed E-state index contributed by atoms with van der Waals surface area (Å²) in [6, 6.07) is 9.56. The third kappa shape index (κ3) is 4.25. The van der Waals surface area contributed by atoms with Gasteiger partial charge in [-0.05, 0) is 62.1 Å². The van der Waals surface area contributed by atoms with Gasteiger partial charge in [0.15, 0.2) is 0 Å². The zero-order chi connectivity index (χ0) is 17.7. The summed E-state index contributed by atoms with van der Waals surface area (Å²) in [6.45, 7) is 7.16. The van der Waals surface area contributed by atoms with Gasteiger partial charge in [0.05, 0.1) is 5.69 Å². The maximum absolute atomic E-state index is 12.1. The summed E-state index contributed by atoms with van der Waals surface area (Å²) in [5.74, 6) is 0.804. The summed E-state index contributed by atoms with van der Waals surface area (Å²) in [4.78, 5) is 11.5. The third-order valence-electron chi connectivity index (χ3n) is 4.00. The van der Waals surface area contributed by atoms with Gasteiger partial charge < -0.3 is 9.47 Å². The molecule has 0 radical (unpaired) electrons. The van der Waals surface area contributed by atoms with Gasteiger partial charge in [0.25, 0.3) is 0 Å². The molecule has 2 aromatic carbocycles. The summed E-state index contributed by atoms with van der Waals surface area (Å²) in [5.41, 5.74) is 5.77. The van der Waals surface area contributed by atoms with Crippen molar-refractivity contribution >= 4 is 11.8 Å². The lowest BCUT2D eigenvalue weighted by Crippen LogP contribution is -2.15. The van der Waals surface area contributed by atoms with Crippen LogP contribution < -0.4 is 10.1 Å². The Hall–Kier alpha value is -2.56. The molecule has 0 aliphatic heterocycles. The number of rotatable bonds is 5. The summed E-state index contributed by atoms with van der Waals surface area (Å²) in [7, 11) is 0. The number of halogens is 1. The van der Waals surface area contributed by atoms with E-state index in [0.717, 1.165) is 28.0 Å². The van der Waals surface area contributed by atoms with Crippen LogP contribution in [-0.2, 0) is 11.3 Å². The van der Waals surface area contributed by atoms with Crippen molar-refractivity contribution in [2.45, 2.75) is 34.3 Å². The predicted molar refractivity (Wildman–Crippen MR) is 92.2 cm³/mol. The molecular weight excluding hydrogens is 309 g/mol. The van der Waals surface area contributed by atoms with Gasteiger partial charge in [-0.25, -0.2) is 9.18 Å². The Morgan fingerprint density at radius 1 is 1.04 bits per heavy atom. The fourth-order valence-corrected chi connectivity index (χ4v) is 2.45. The fourth-order valence-electron chi connectivity index (χ4n) is 2.45. The first-order valence-corrected chi connectivity index (χ1v) is 7.71. The number of aryl methyl sites for hydroxylation is 4. The second kappa shape index (κ2) is 7.81. The molecule has 0 heterocycles. The number of ether oxygens (including phenoxy) is 2. The first kappa shape index (κ1) is 17.8. The second-order valence-corrected chi connectivity index (χ2v) is 5.76. The highest BCUT2D eigenvalue weighted by molar-refractivity contribution is 5.85. The van der Waals surface area contributed by atoms with Crippen LogP contribution >= 0.6 is 0 Å². The predicted octanol–water partition coefficient (Wildman–Crippen LogP) is 4.97. The molecule has 0 spiro atoms. The molecule has 0 fully saturated rings. The number of hydrogen-bond acceptors (Lipinski definition) is 3. The molecule has 1 amide bonds. The monoisotopic (exact) mass is 331 g/mol. The molecule has 128 valence electrons. The van der Waals surface area contributed by atoms with Crippen LogP contribution in [0.5, 0.6) is 5.75 Å². The van der Waals surface area contributed by atoms with E-state index < -0.39 is 13.0 Å². The first-order valence-electron chi connectivity index (χ1n) is 7.71. The zero-order valence-corrected chi connectivity index (χ0v) is 14.4. The lowest BCUT2D eigenvalue weighted by Gasteiger charge is -2.16. The topological polar surface area (TPSA) is 47.6 Å². The van der Waals surface area contributed by atoms with Gasteiger partial charge in [0.2, 0.25) is 6.86 Å².